The lowest BCUT2D eigenvalue weighted by Gasteiger charge is -2.14. The molecule has 0 spiro atoms. The van der Waals surface area contributed by atoms with Crippen LogP contribution in [0.2, 0.25) is 10.0 Å². The van der Waals surface area contributed by atoms with Crippen LogP contribution >= 0.6 is 47.2 Å². The fraction of sp³-hybridized carbons (Fsp3) is 0. The minimum absolute atomic E-state index is 0.144. The van der Waals surface area contributed by atoms with E-state index in [0.717, 1.165) is 11.8 Å². The highest BCUT2D eigenvalue weighted by Gasteiger charge is 2.33. The van der Waals surface area contributed by atoms with E-state index in [0.29, 0.717) is 10.7 Å². The number of benzene rings is 2. The van der Waals surface area contributed by atoms with Gasteiger partial charge in [0.05, 0.1) is 26.6 Å². The van der Waals surface area contributed by atoms with Crippen LogP contribution in [0.4, 0.5) is 10.1 Å². The number of anilines is 1. The van der Waals surface area contributed by atoms with Crippen molar-refractivity contribution in [2.45, 2.75) is 0 Å². The van der Waals surface area contributed by atoms with Crippen LogP contribution in [0, 0.1) is 5.82 Å². The van der Waals surface area contributed by atoms with Gasteiger partial charge in [-0.25, -0.2) is 4.39 Å². The number of hydrogen-bond donors (Lipinski definition) is 0. The molecule has 3 aromatic rings. The summed E-state index contributed by atoms with van der Waals surface area (Å²) >= 11 is 18.3. The Labute approximate surface area is 177 Å². The number of hydrogen-bond acceptors (Lipinski definition) is 5. The number of amides is 1. The van der Waals surface area contributed by atoms with Gasteiger partial charge in [0.2, 0.25) is 0 Å². The largest absolute Gasteiger partial charge is 0.462 e. The molecule has 0 saturated carbocycles. The highest BCUT2D eigenvalue weighted by Crippen LogP contribution is 2.36. The number of rotatable bonds is 2. The molecule has 0 atom stereocenters. The standard InChI is InChI=1S/C19H8Cl2FNO3S2/c20-10-5-13-16(24)9(8-26-17(13)14(21)6-10)4-15-18(25)23(19(27)28-15)12-3-1-2-11(22)7-12/h1-8H/b15-4+. The summed E-state index contributed by atoms with van der Waals surface area (Å²) in [5.41, 5.74) is 0.280. The van der Waals surface area contributed by atoms with E-state index in [1.807, 2.05) is 0 Å². The van der Waals surface area contributed by atoms with Gasteiger partial charge in [0.1, 0.15) is 12.1 Å². The zero-order valence-corrected chi connectivity index (χ0v) is 16.9. The molecule has 0 N–H and O–H groups in total. The molecule has 1 fully saturated rings. The first-order valence-corrected chi connectivity index (χ1v) is 9.77. The lowest BCUT2D eigenvalue weighted by Crippen LogP contribution is -2.27. The van der Waals surface area contributed by atoms with E-state index < -0.39 is 11.7 Å². The summed E-state index contributed by atoms with van der Waals surface area (Å²) in [5, 5.41) is 0.704. The van der Waals surface area contributed by atoms with Crippen molar-refractivity contribution < 1.29 is 13.6 Å². The van der Waals surface area contributed by atoms with Gasteiger partial charge in [0.25, 0.3) is 5.91 Å². The van der Waals surface area contributed by atoms with Crippen molar-refractivity contribution in [1.82, 2.24) is 0 Å². The fourth-order valence-electron chi connectivity index (χ4n) is 2.73. The van der Waals surface area contributed by atoms with Gasteiger partial charge in [0, 0.05) is 5.02 Å². The average molecular weight is 452 g/mol. The van der Waals surface area contributed by atoms with Gasteiger partial charge in [-0.15, -0.1) is 0 Å². The first-order valence-electron chi connectivity index (χ1n) is 7.79. The first-order chi connectivity index (χ1) is 13.3. The molecule has 0 unspecified atom stereocenters. The Hall–Kier alpha value is -2.19. The van der Waals surface area contributed by atoms with E-state index in [-0.39, 0.29) is 36.2 Å². The zero-order chi connectivity index (χ0) is 20.0. The van der Waals surface area contributed by atoms with E-state index in [2.05, 4.69) is 0 Å². The van der Waals surface area contributed by atoms with Crippen molar-refractivity contribution in [3.05, 3.63) is 79.2 Å². The summed E-state index contributed by atoms with van der Waals surface area (Å²) < 4.78 is 19.2. The van der Waals surface area contributed by atoms with Crippen LogP contribution in [0.5, 0.6) is 0 Å². The number of nitrogens with zero attached hydrogens (tertiary/aromatic N) is 1. The molecule has 4 nitrogen and oxygen atoms in total. The smallest absolute Gasteiger partial charge is 0.270 e. The van der Waals surface area contributed by atoms with Crippen LogP contribution in [-0.4, -0.2) is 10.2 Å². The van der Waals surface area contributed by atoms with Crippen LogP contribution in [-0.2, 0) is 4.79 Å². The Morgan fingerprint density at radius 3 is 2.71 bits per heavy atom. The van der Waals surface area contributed by atoms with Crippen LogP contribution in [0.25, 0.3) is 17.0 Å². The fourth-order valence-corrected chi connectivity index (χ4v) is 4.55. The maximum Gasteiger partial charge on any atom is 0.270 e. The normalized spacial score (nSPS) is 15.8. The lowest BCUT2D eigenvalue weighted by atomic mass is 10.1. The molecule has 0 aliphatic carbocycles. The third-order valence-electron chi connectivity index (χ3n) is 3.97. The molecule has 4 rings (SSSR count). The number of carbonyl (C=O) groups is 1. The van der Waals surface area contributed by atoms with Gasteiger partial charge in [0.15, 0.2) is 15.3 Å². The third kappa shape index (κ3) is 3.35. The van der Waals surface area contributed by atoms with Crippen LogP contribution in [0.3, 0.4) is 0 Å². The predicted octanol–water partition coefficient (Wildman–Crippen LogP) is 5.64. The van der Waals surface area contributed by atoms with Crippen molar-refractivity contribution in [1.29, 1.82) is 0 Å². The quantitative estimate of drug-likeness (QED) is 0.372. The van der Waals surface area contributed by atoms with E-state index in [4.69, 9.17) is 39.8 Å². The maximum atomic E-state index is 13.5. The molecule has 1 aromatic heterocycles. The van der Waals surface area contributed by atoms with Crippen molar-refractivity contribution in [2.24, 2.45) is 0 Å². The number of halogens is 3. The molecule has 1 saturated heterocycles. The van der Waals surface area contributed by atoms with Crippen molar-refractivity contribution >= 4 is 80.1 Å². The first kappa shape index (κ1) is 19.1. The number of thioether (sulfide) groups is 1. The molecule has 1 aliphatic rings. The molecule has 0 radical (unpaired) electrons. The molecular weight excluding hydrogens is 444 g/mol. The van der Waals surface area contributed by atoms with Crippen LogP contribution in [0.15, 0.2) is 56.8 Å². The topological polar surface area (TPSA) is 50.5 Å². The third-order valence-corrected chi connectivity index (χ3v) is 5.77. The molecule has 28 heavy (non-hydrogen) atoms. The maximum absolute atomic E-state index is 13.5. The van der Waals surface area contributed by atoms with Crippen molar-refractivity contribution in [3.63, 3.8) is 0 Å². The van der Waals surface area contributed by atoms with Gasteiger partial charge in [-0.3, -0.25) is 14.5 Å². The summed E-state index contributed by atoms with van der Waals surface area (Å²) in [6.45, 7) is 0. The summed E-state index contributed by atoms with van der Waals surface area (Å²) in [5.74, 6) is -0.941. The molecule has 9 heteroatoms. The highest BCUT2D eigenvalue weighted by molar-refractivity contribution is 8.27. The van der Waals surface area contributed by atoms with Gasteiger partial charge in [-0.2, -0.15) is 0 Å². The van der Waals surface area contributed by atoms with E-state index in [9.17, 15) is 14.0 Å². The molecular formula is C19H8Cl2FNO3S2. The summed E-state index contributed by atoms with van der Waals surface area (Å²) in [7, 11) is 0. The monoisotopic (exact) mass is 451 g/mol. The summed E-state index contributed by atoms with van der Waals surface area (Å²) in [4.78, 5) is 27.0. The molecule has 1 amide bonds. The highest BCUT2D eigenvalue weighted by atomic mass is 35.5. The number of fused-ring (bicyclic) bond motifs is 1. The van der Waals surface area contributed by atoms with Crippen molar-refractivity contribution in [2.75, 3.05) is 4.90 Å². The Kier molecular flexibility index (Phi) is 5.01. The van der Waals surface area contributed by atoms with Gasteiger partial charge >= 0.3 is 0 Å². The van der Waals surface area contributed by atoms with E-state index in [1.165, 1.54) is 47.6 Å². The predicted molar refractivity (Wildman–Crippen MR) is 115 cm³/mol. The second-order valence-corrected chi connectivity index (χ2v) is 8.30. The molecule has 0 bridgehead atoms. The Morgan fingerprint density at radius 2 is 1.96 bits per heavy atom. The SMILES string of the molecule is O=C1/C(=C\c2coc3c(Cl)cc(Cl)cc3c2=O)SC(=S)N1c1cccc(F)c1. The van der Waals surface area contributed by atoms with Crippen molar-refractivity contribution in [3.8, 4) is 0 Å². The Morgan fingerprint density at radius 1 is 1.18 bits per heavy atom. The molecule has 2 aromatic carbocycles. The summed E-state index contributed by atoms with van der Waals surface area (Å²) in [6, 6.07) is 8.46. The Bertz CT molecular complexity index is 1260. The van der Waals surface area contributed by atoms with E-state index >= 15 is 0 Å². The zero-order valence-electron chi connectivity index (χ0n) is 13.7. The minimum Gasteiger partial charge on any atom is -0.462 e. The lowest BCUT2D eigenvalue weighted by molar-refractivity contribution is -0.113. The van der Waals surface area contributed by atoms with Gasteiger partial charge < -0.3 is 4.42 Å². The minimum atomic E-state index is -0.487. The Balaban J connectivity index is 1.78. The van der Waals surface area contributed by atoms with Gasteiger partial charge in [-0.05, 0) is 36.4 Å². The molecule has 1 aliphatic heterocycles. The summed E-state index contributed by atoms with van der Waals surface area (Å²) in [6.07, 6.45) is 2.61. The van der Waals surface area contributed by atoms with Gasteiger partial charge in [-0.1, -0.05) is 53.2 Å². The molecule has 2 heterocycles. The van der Waals surface area contributed by atoms with Crippen LogP contribution in [0.1, 0.15) is 5.56 Å². The van der Waals surface area contributed by atoms with Crippen LogP contribution < -0.4 is 10.3 Å². The molecule has 140 valence electrons. The second-order valence-electron chi connectivity index (χ2n) is 5.78. The number of carbonyl (C=O) groups excluding carboxylic acids is 1. The average Bonchev–Trinajstić information content (AvgIpc) is 2.91. The number of thiocarbonyl (C=S) groups is 1. The van der Waals surface area contributed by atoms with E-state index in [1.54, 1.807) is 6.07 Å². The second kappa shape index (κ2) is 7.33.